The Kier molecular flexibility index (Phi) is 5.82. The molecule has 0 amide bonds. The molecule has 0 unspecified atom stereocenters. The lowest BCUT2D eigenvalue weighted by molar-refractivity contribution is 0.0596. The summed E-state index contributed by atoms with van der Waals surface area (Å²) in [7, 11) is 1.33. The fourth-order valence-corrected chi connectivity index (χ4v) is 1.88. The van der Waals surface area contributed by atoms with E-state index in [4.69, 9.17) is 10.5 Å². The lowest BCUT2D eigenvalue weighted by Gasteiger charge is -2.21. The average molecular weight is 251 g/mol. The predicted molar refractivity (Wildman–Crippen MR) is 70.2 cm³/mol. The van der Waals surface area contributed by atoms with Crippen LogP contribution in [0.3, 0.4) is 0 Å². The van der Waals surface area contributed by atoms with Crippen LogP contribution in [0.1, 0.15) is 48.1 Å². The second-order valence-electron chi connectivity index (χ2n) is 4.31. The Hall–Kier alpha value is -1.39. The molecule has 1 rings (SSSR count). The summed E-state index contributed by atoms with van der Waals surface area (Å²) in [6, 6.07) is 6.40. The highest BCUT2D eigenvalue weighted by Crippen LogP contribution is 2.22. The van der Waals surface area contributed by atoms with E-state index in [9.17, 15) is 9.90 Å². The summed E-state index contributed by atoms with van der Waals surface area (Å²) in [6.07, 6.45) is 1.90. The Bertz CT molecular complexity index is 392. The van der Waals surface area contributed by atoms with Gasteiger partial charge in [-0.1, -0.05) is 38.0 Å². The molecule has 18 heavy (non-hydrogen) atoms. The van der Waals surface area contributed by atoms with Crippen molar-refractivity contribution < 1.29 is 14.6 Å². The third-order valence-corrected chi connectivity index (χ3v) is 2.99. The molecule has 0 saturated carbocycles. The molecule has 4 nitrogen and oxygen atoms in total. The first-order valence-electron chi connectivity index (χ1n) is 6.22. The largest absolute Gasteiger partial charge is 0.465 e. The molecule has 100 valence electrons. The van der Waals surface area contributed by atoms with E-state index < -0.39 is 18.1 Å². The first kappa shape index (κ1) is 14.7. The number of benzene rings is 1. The third kappa shape index (κ3) is 3.55. The molecule has 0 aromatic heterocycles. The van der Waals surface area contributed by atoms with Crippen LogP contribution in [-0.4, -0.2) is 24.3 Å². The average Bonchev–Trinajstić information content (AvgIpc) is 2.43. The van der Waals surface area contributed by atoms with E-state index in [0.29, 0.717) is 17.5 Å². The van der Waals surface area contributed by atoms with Gasteiger partial charge in [0.2, 0.25) is 0 Å². The number of nitrogens with two attached hydrogens (primary N) is 1. The van der Waals surface area contributed by atoms with Crippen molar-refractivity contribution in [2.24, 2.45) is 5.73 Å². The van der Waals surface area contributed by atoms with Crippen molar-refractivity contribution >= 4 is 5.97 Å². The lowest BCUT2D eigenvalue weighted by Crippen LogP contribution is -2.28. The molecule has 0 spiro atoms. The van der Waals surface area contributed by atoms with Crippen LogP contribution in [0.15, 0.2) is 24.3 Å². The topological polar surface area (TPSA) is 72.5 Å². The normalized spacial score (nSPS) is 14.0. The number of aliphatic hydroxyl groups is 1. The van der Waals surface area contributed by atoms with Crippen molar-refractivity contribution in [1.29, 1.82) is 0 Å². The van der Waals surface area contributed by atoms with Crippen LogP contribution < -0.4 is 5.73 Å². The number of unbranched alkanes of at least 4 members (excludes halogenated alkanes) is 1. The second kappa shape index (κ2) is 7.13. The first-order valence-corrected chi connectivity index (χ1v) is 6.22. The van der Waals surface area contributed by atoms with Gasteiger partial charge in [-0.2, -0.15) is 0 Å². The minimum absolute atomic E-state index is 0.419. The van der Waals surface area contributed by atoms with E-state index in [-0.39, 0.29) is 0 Å². The summed E-state index contributed by atoms with van der Waals surface area (Å²) < 4.78 is 4.71. The van der Waals surface area contributed by atoms with Crippen molar-refractivity contribution in [2.75, 3.05) is 7.11 Å². The van der Waals surface area contributed by atoms with Crippen LogP contribution in [0.25, 0.3) is 0 Å². The number of ether oxygens (including phenoxy) is 1. The number of hydrogen-bond acceptors (Lipinski definition) is 4. The van der Waals surface area contributed by atoms with Crippen LogP contribution in [0.5, 0.6) is 0 Å². The van der Waals surface area contributed by atoms with E-state index in [1.165, 1.54) is 7.11 Å². The van der Waals surface area contributed by atoms with E-state index in [1.807, 2.05) is 0 Å². The van der Waals surface area contributed by atoms with E-state index in [0.717, 1.165) is 12.8 Å². The molecule has 2 atom stereocenters. The van der Waals surface area contributed by atoms with Gasteiger partial charge in [-0.25, -0.2) is 4.79 Å². The Labute approximate surface area is 108 Å². The Morgan fingerprint density at radius 3 is 2.72 bits per heavy atom. The maximum absolute atomic E-state index is 11.6. The maximum atomic E-state index is 11.6. The van der Waals surface area contributed by atoms with Gasteiger partial charge in [0.05, 0.1) is 24.8 Å². The summed E-state index contributed by atoms with van der Waals surface area (Å²) in [6.45, 7) is 2.06. The minimum Gasteiger partial charge on any atom is -0.465 e. The molecule has 0 saturated heterocycles. The maximum Gasteiger partial charge on any atom is 0.338 e. The van der Waals surface area contributed by atoms with Crippen LogP contribution in [0.2, 0.25) is 0 Å². The molecule has 0 radical (unpaired) electrons. The molecule has 0 aliphatic heterocycles. The molecule has 0 aliphatic carbocycles. The predicted octanol–water partition coefficient (Wildman–Crippen LogP) is 2.02. The number of methoxy groups -OCH3 is 1. The lowest BCUT2D eigenvalue weighted by atomic mass is 9.94. The molecule has 3 N–H and O–H groups in total. The summed E-state index contributed by atoms with van der Waals surface area (Å²) >= 11 is 0. The summed E-state index contributed by atoms with van der Waals surface area (Å²) in [5.41, 5.74) is 7.07. The van der Waals surface area contributed by atoms with Crippen molar-refractivity contribution in [3.05, 3.63) is 35.4 Å². The Morgan fingerprint density at radius 1 is 1.44 bits per heavy atom. The van der Waals surface area contributed by atoms with Gasteiger partial charge in [-0.15, -0.1) is 0 Å². The number of rotatable bonds is 6. The number of esters is 1. The SMILES string of the molecule is CCCC[C@@H](O)[C@@H](N)c1ccccc1C(=O)OC. The smallest absolute Gasteiger partial charge is 0.338 e. The number of carbonyl (C=O) groups is 1. The molecule has 1 aromatic rings. The highest BCUT2D eigenvalue weighted by molar-refractivity contribution is 5.91. The van der Waals surface area contributed by atoms with Gasteiger partial charge in [-0.05, 0) is 18.1 Å². The van der Waals surface area contributed by atoms with Crippen molar-refractivity contribution in [1.82, 2.24) is 0 Å². The number of carbonyl (C=O) groups excluding carboxylic acids is 1. The van der Waals surface area contributed by atoms with Crippen molar-refractivity contribution in [3.8, 4) is 0 Å². The molecule has 4 heteroatoms. The third-order valence-electron chi connectivity index (χ3n) is 2.99. The van der Waals surface area contributed by atoms with Gasteiger partial charge in [0.25, 0.3) is 0 Å². The highest BCUT2D eigenvalue weighted by atomic mass is 16.5. The molecule has 0 heterocycles. The zero-order chi connectivity index (χ0) is 13.5. The summed E-state index contributed by atoms with van der Waals surface area (Å²) in [5.74, 6) is -0.427. The minimum atomic E-state index is -0.643. The van der Waals surface area contributed by atoms with E-state index in [2.05, 4.69) is 6.92 Å². The molecule has 0 aliphatic rings. The second-order valence-corrected chi connectivity index (χ2v) is 4.31. The Morgan fingerprint density at radius 2 is 2.11 bits per heavy atom. The zero-order valence-electron chi connectivity index (χ0n) is 10.9. The van der Waals surface area contributed by atoms with Gasteiger partial charge in [-0.3, -0.25) is 0 Å². The fraction of sp³-hybridized carbons (Fsp3) is 0.500. The first-order chi connectivity index (χ1) is 8.61. The molecular weight excluding hydrogens is 230 g/mol. The van der Waals surface area contributed by atoms with Crippen LogP contribution in [-0.2, 0) is 4.74 Å². The van der Waals surface area contributed by atoms with Crippen molar-refractivity contribution in [3.63, 3.8) is 0 Å². The fourth-order valence-electron chi connectivity index (χ4n) is 1.88. The highest BCUT2D eigenvalue weighted by Gasteiger charge is 2.21. The Balaban J connectivity index is 2.90. The summed E-state index contributed by atoms with van der Waals surface area (Å²) in [4.78, 5) is 11.6. The van der Waals surface area contributed by atoms with Crippen LogP contribution in [0, 0.1) is 0 Å². The van der Waals surface area contributed by atoms with Crippen LogP contribution in [0.4, 0.5) is 0 Å². The van der Waals surface area contributed by atoms with Gasteiger partial charge in [0, 0.05) is 0 Å². The van der Waals surface area contributed by atoms with Gasteiger partial charge in [0.15, 0.2) is 0 Å². The van der Waals surface area contributed by atoms with E-state index >= 15 is 0 Å². The summed E-state index contributed by atoms with van der Waals surface area (Å²) in [5, 5.41) is 10.0. The van der Waals surface area contributed by atoms with E-state index in [1.54, 1.807) is 24.3 Å². The number of aliphatic hydroxyl groups excluding tert-OH is 1. The van der Waals surface area contributed by atoms with Crippen LogP contribution >= 0.6 is 0 Å². The quantitative estimate of drug-likeness (QED) is 0.759. The van der Waals surface area contributed by atoms with Gasteiger partial charge in [0.1, 0.15) is 0 Å². The van der Waals surface area contributed by atoms with Gasteiger partial charge < -0.3 is 15.6 Å². The van der Waals surface area contributed by atoms with Gasteiger partial charge >= 0.3 is 5.97 Å². The standard InChI is InChI=1S/C14H21NO3/c1-3-4-9-12(16)13(15)10-7-5-6-8-11(10)14(17)18-2/h5-8,12-13,16H,3-4,9,15H2,1-2H3/t12-,13+/m1/s1. The molecular formula is C14H21NO3. The molecule has 0 bridgehead atoms. The molecule has 1 aromatic carbocycles. The zero-order valence-corrected chi connectivity index (χ0v) is 10.9. The van der Waals surface area contributed by atoms with Crippen molar-refractivity contribution in [2.45, 2.75) is 38.3 Å². The monoisotopic (exact) mass is 251 g/mol. The number of hydrogen-bond donors (Lipinski definition) is 2. The molecule has 0 fully saturated rings.